The lowest BCUT2D eigenvalue weighted by Crippen LogP contribution is -2.05. The van der Waals surface area contributed by atoms with Crippen LogP contribution in [0.4, 0.5) is 46.3 Å². The third-order valence-electron chi connectivity index (χ3n) is 7.06. The van der Waals surface area contributed by atoms with Crippen LogP contribution in [0.15, 0.2) is 119 Å². The van der Waals surface area contributed by atoms with Crippen LogP contribution in [-0.4, -0.2) is 56.1 Å². The smallest absolute Gasteiger partial charge is 0.295 e. The Morgan fingerprint density at radius 1 is 0.462 bits per heavy atom. The summed E-state index contributed by atoms with van der Waals surface area (Å²) in [6.07, 6.45) is 2.48. The van der Waals surface area contributed by atoms with Gasteiger partial charge in [-0.1, -0.05) is 60.7 Å². The first-order valence-corrected chi connectivity index (χ1v) is 17.9. The molecule has 52 heavy (non-hydrogen) atoms. The van der Waals surface area contributed by atoms with Crippen molar-refractivity contribution in [3.8, 4) is 11.8 Å². The van der Waals surface area contributed by atoms with Gasteiger partial charge in [-0.3, -0.25) is 9.11 Å². The third kappa shape index (κ3) is 9.14. The van der Waals surface area contributed by atoms with Crippen LogP contribution in [0.5, 0.6) is 11.8 Å². The number of aromatic nitrogens is 4. The van der Waals surface area contributed by atoms with Crippen molar-refractivity contribution in [3.63, 3.8) is 0 Å². The SMILES string of the molecule is O=S(=O)(O)c1cc(Nc2cc(O)nc(Nc3ccccc3)n2)ccc1C=Cc1ccc(Nc2cc(O)nc(Nc3ccccc3)n2)cc1S(=O)(=O)O. The van der Waals surface area contributed by atoms with Gasteiger partial charge in [-0.25, -0.2) is 0 Å². The minimum absolute atomic E-state index is 0.0246. The lowest BCUT2D eigenvalue weighted by molar-refractivity contribution is 0.453. The molecule has 264 valence electrons. The van der Waals surface area contributed by atoms with Crippen molar-refractivity contribution >= 4 is 78.7 Å². The maximum Gasteiger partial charge on any atom is 0.295 e. The molecule has 0 aliphatic carbocycles. The molecule has 8 N–H and O–H groups in total. The molecule has 0 radical (unpaired) electrons. The Morgan fingerprint density at radius 2 is 0.846 bits per heavy atom. The predicted molar refractivity (Wildman–Crippen MR) is 195 cm³/mol. The Labute approximate surface area is 297 Å². The van der Waals surface area contributed by atoms with Crippen molar-refractivity contribution in [1.29, 1.82) is 0 Å². The molecular formula is C34H28N8O8S2. The quantitative estimate of drug-likeness (QED) is 0.0505. The van der Waals surface area contributed by atoms with Crippen molar-refractivity contribution in [3.05, 3.63) is 120 Å². The Hall–Kier alpha value is -6.60. The summed E-state index contributed by atoms with van der Waals surface area (Å²) >= 11 is 0. The first-order valence-electron chi connectivity index (χ1n) is 15.0. The number of aromatic hydroxyl groups is 2. The molecule has 0 saturated carbocycles. The summed E-state index contributed by atoms with van der Waals surface area (Å²) in [5.74, 6) is -0.438. The van der Waals surface area contributed by atoms with Crippen LogP contribution in [0.3, 0.4) is 0 Å². The number of hydrogen-bond acceptors (Lipinski definition) is 14. The van der Waals surface area contributed by atoms with E-state index in [2.05, 4.69) is 41.2 Å². The number of para-hydroxylation sites is 2. The molecule has 0 unspecified atom stereocenters. The molecule has 16 nitrogen and oxygen atoms in total. The van der Waals surface area contributed by atoms with Gasteiger partial charge < -0.3 is 31.5 Å². The van der Waals surface area contributed by atoms with Gasteiger partial charge in [0.2, 0.25) is 23.7 Å². The fourth-order valence-electron chi connectivity index (χ4n) is 4.83. The molecule has 18 heteroatoms. The van der Waals surface area contributed by atoms with Crippen molar-refractivity contribution in [2.24, 2.45) is 0 Å². The molecule has 0 amide bonds. The standard InChI is InChI=1S/C34H28N8O8S2/c43-31-19-29(39-33(41-31)37-23-7-3-1-4-8-23)35-25-15-13-21(27(17-25)51(45,46)47)11-12-22-14-16-26(18-28(22)52(48,49)50)36-30-20-32(44)42-34(40-30)38-24-9-5-2-6-10-24/h1-20H,(H,45,46,47)(H,48,49,50)(H3,35,37,39,41,43)(H3,36,38,40,42,44). The lowest BCUT2D eigenvalue weighted by atomic mass is 10.1. The van der Waals surface area contributed by atoms with Gasteiger partial charge in [0, 0.05) is 34.9 Å². The van der Waals surface area contributed by atoms with Gasteiger partial charge in [0.05, 0.1) is 0 Å². The summed E-state index contributed by atoms with van der Waals surface area (Å²) in [6.45, 7) is 0. The van der Waals surface area contributed by atoms with E-state index in [0.717, 1.165) is 12.1 Å². The van der Waals surface area contributed by atoms with Crippen molar-refractivity contribution in [2.75, 3.05) is 21.3 Å². The normalized spacial score (nSPS) is 11.7. The zero-order valence-electron chi connectivity index (χ0n) is 26.6. The predicted octanol–water partition coefficient (Wildman–Crippen LogP) is 6.32. The molecule has 0 atom stereocenters. The van der Waals surface area contributed by atoms with Crippen LogP contribution in [0.25, 0.3) is 12.2 Å². The van der Waals surface area contributed by atoms with E-state index in [-0.39, 0.29) is 57.8 Å². The van der Waals surface area contributed by atoms with Gasteiger partial charge >= 0.3 is 0 Å². The summed E-state index contributed by atoms with van der Waals surface area (Å²) in [6, 6.07) is 28.2. The monoisotopic (exact) mass is 740 g/mol. The summed E-state index contributed by atoms with van der Waals surface area (Å²) in [7, 11) is -9.64. The average molecular weight is 741 g/mol. The number of benzene rings is 4. The van der Waals surface area contributed by atoms with Gasteiger partial charge in [-0.2, -0.15) is 36.8 Å². The molecule has 0 fully saturated rings. The van der Waals surface area contributed by atoms with Crippen molar-refractivity contribution in [2.45, 2.75) is 9.79 Å². The molecule has 0 aliphatic heterocycles. The molecule has 6 aromatic rings. The number of nitrogens with zero attached hydrogens (tertiary/aromatic N) is 4. The maximum atomic E-state index is 12.4. The lowest BCUT2D eigenvalue weighted by Gasteiger charge is -2.12. The molecule has 6 rings (SSSR count). The second kappa shape index (κ2) is 14.7. The zero-order chi connectivity index (χ0) is 36.9. The summed E-state index contributed by atoms with van der Waals surface area (Å²) < 4.78 is 69.8. The Morgan fingerprint density at radius 3 is 1.21 bits per heavy atom. The highest BCUT2D eigenvalue weighted by molar-refractivity contribution is 7.86. The molecule has 0 spiro atoms. The van der Waals surface area contributed by atoms with E-state index in [1.165, 1.54) is 48.6 Å². The first-order chi connectivity index (χ1) is 24.8. The molecule has 0 saturated heterocycles. The fraction of sp³-hybridized carbons (Fsp3) is 0. The summed E-state index contributed by atoms with van der Waals surface area (Å²) in [4.78, 5) is 15.3. The topological polar surface area (TPSA) is 249 Å². The number of anilines is 8. The Bertz CT molecular complexity index is 2330. The molecule has 0 bridgehead atoms. The minimum Gasteiger partial charge on any atom is -0.493 e. The second-order valence-electron chi connectivity index (χ2n) is 10.9. The van der Waals surface area contributed by atoms with E-state index < -0.39 is 30.0 Å². The molecule has 0 aliphatic rings. The summed E-state index contributed by atoms with van der Waals surface area (Å²) in [5, 5.41) is 31.9. The van der Waals surface area contributed by atoms with Crippen LogP contribution < -0.4 is 21.3 Å². The number of nitrogens with one attached hydrogen (secondary N) is 4. The molecule has 2 aromatic heterocycles. The van der Waals surface area contributed by atoms with E-state index in [0.29, 0.717) is 11.4 Å². The number of rotatable bonds is 12. The molecule has 4 aromatic carbocycles. The minimum atomic E-state index is -4.82. The van der Waals surface area contributed by atoms with E-state index in [1.54, 1.807) is 48.5 Å². The molecule has 2 heterocycles. The highest BCUT2D eigenvalue weighted by Crippen LogP contribution is 2.30. The van der Waals surface area contributed by atoms with Gasteiger partial charge in [-0.05, 0) is 59.7 Å². The van der Waals surface area contributed by atoms with Crippen LogP contribution in [-0.2, 0) is 20.2 Å². The van der Waals surface area contributed by atoms with E-state index in [9.17, 15) is 36.2 Å². The van der Waals surface area contributed by atoms with Crippen LogP contribution in [0, 0.1) is 0 Å². The summed E-state index contributed by atoms with van der Waals surface area (Å²) in [5.41, 5.74) is 1.60. The second-order valence-corrected chi connectivity index (χ2v) is 13.7. The van der Waals surface area contributed by atoms with Crippen LogP contribution >= 0.6 is 0 Å². The average Bonchev–Trinajstić information content (AvgIpc) is 3.07. The highest BCUT2D eigenvalue weighted by atomic mass is 32.2. The van der Waals surface area contributed by atoms with Gasteiger partial charge in [0.15, 0.2) is 0 Å². The van der Waals surface area contributed by atoms with E-state index >= 15 is 0 Å². The van der Waals surface area contributed by atoms with Crippen molar-refractivity contribution < 1.29 is 36.2 Å². The van der Waals surface area contributed by atoms with Crippen LogP contribution in [0.1, 0.15) is 11.1 Å². The van der Waals surface area contributed by atoms with E-state index in [1.807, 2.05) is 12.1 Å². The highest BCUT2D eigenvalue weighted by Gasteiger charge is 2.18. The fourth-order valence-corrected chi connectivity index (χ4v) is 6.25. The van der Waals surface area contributed by atoms with Crippen LogP contribution in [0.2, 0.25) is 0 Å². The third-order valence-corrected chi connectivity index (χ3v) is 8.87. The maximum absolute atomic E-state index is 12.4. The van der Waals surface area contributed by atoms with Crippen molar-refractivity contribution in [1.82, 2.24) is 19.9 Å². The molecular weight excluding hydrogens is 713 g/mol. The number of hydrogen-bond donors (Lipinski definition) is 8. The first kappa shape index (κ1) is 35.2. The van der Waals surface area contributed by atoms with Gasteiger partial charge in [0.25, 0.3) is 20.2 Å². The Balaban J connectivity index is 1.25. The largest absolute Gasteiger partial charge is 0.493 e. The van der Waals surface area contributed by atoms with Gasteiger partial charge in [0.1, 0.15) is 21.4 Å². The zero-order valence-corrected chi connectivity index (χ0v) is 28.2. The van der Waals surface area contributed by atoms with Gasteiger partial charge in [-0.15, -0.1) is 0 Å². The Kier molecular flexibility index (Phi) is 9.97. The van der Waals surface area contributed by atoms with E-state index in [4.69, 9.17) is 0 Å².